The van der Waals surface area contributed by atoms with Gasteiger partial charge in [0.1, 0.15) is 5.82 Å². The molecule has 0 fully saturated rings. The Bertz CT molecular complexity index is 736. The van der Waals surface area contributed by atoms with Crippen LogP contribution in [0.2, 0.25) is 0 Å². The lowest BCUT2D eigenvalue weighted by Gasteiger charge is -2.25. The Kier molecular flexibility index (Phi) is 5.82. The van der Waals surface area contributed by atoms with E-state index in [1.807, 2.05) is 12.1 Å². The molecule has 1 aliphatic rings. The van der Waals surface area contributed by atoms with E-state index in [0.717, 1.165) is 36.0 Å². The highest BCUT2D eigenvalue weighted by atomic mass is 19.2. The van der Waals surface area contributed by atoms with E-state index in [1.54, 1.807) is 6.07 Å². The highest BCUT2D eigenvalue weighted by molar-refractivity contribution is 5.36. The number of aryl methyl sites for hydroxylation is 2. The number of benzene rings is 2. The summed E-state index contributed by atoms with van der Waals surface area (Å²) in [6.07, 6.45) is 7.60. The molecule has 0 spiro atoms. The molecule has 134 valence electrons. The molecule has 3 rings (SSSR count). The molecule has 0 bridgehead atoms. The van der Waals surface area contributed by atoms with Gasteiger partial charge in [0, 0.05) is 0 Å². The second kappa shape index (κ2) is 8.07. The summed E-state index contributed by atoms with van der Waals surface area (Å²) in [5.74, 6) is -1.74. The molecule has 0 amide bonds. The van der Waals surface area contributed by atoms with Gasteiger partial charge in [0.2, 0.25) is 0 Å². The lowest BCUT2D eigenvalue weighted by atomic mass is 9.79. The van der Waals surface area contributed by atoms with Crippen molar-refractivity contribution in [3.05, 3.63) is 70.0 Å². The van der Waals surface area contributed by atoms with Crippen molar-refractivity contribution in [3.8, 4) is 0 Å². The fraction of sp³-hybridized carbons (Fsp3) is 0.455. The second-order valence-corrected chi connectivity index (χ2v) is 7.14. The molecule has 0 saturated carbocycles. The van der Waals surface area contributed by atoms with E-state index in [4.69, 9.17) is 0 Å². The first-order chi connectivity index (χ1) is 12.1. The van der Waals surface area contributed by atoms with Gasteiger partial charge in [-0.3, -0.25) is 0 Å². The van der Waals surface area contributed by atoms with Gasteiger partial charge in [-0.05, 0) is 78.5 Å². The summed E-state index contributed by atoms with van der Waals surface area (Å²) >= 11 is 0. The predicted octanol–water partition coefficient (Wildman–Crippen LogP) is 6.50. The summed E-state index contributed by atoms with van der Waals surface area (Å²) in [6.45, 7) is 2.18. The van der Waals surface area contributed by atoms with E-state index in [9.17, 15) is 13.2 Å². The van der Waals surface area contributed by atoms with Crippen LogP contribution in [0.3, 0.4) is 0 Å². The molecule has 3 heteroatoms. The zero-order valence-corrected chi connectivity index (χ0v) is 14.8. The maximum atomic E-state index is 14.6. The molecule has 0 radical (unpaired) electrons. The Morgan fingerprint density at radius 3 is 2.36 bits per heavy atom. The number of hydrogen-bond acceptors (Lipinski definition) is 0. The molecule has 0 saturated heterocycles. The molecule has 2 aromatic carbocycles. The number of fused-ring (bicyclic) bond motifs is 1. The number of unbranched alkanes of at least 4 members (excludes halogenated alkanes) is 3. The SMILES string of the molecule is CCCCCCc1ccc(C2CCc3cc(F)c(F)cc3C2)c(F)c1. The van der Waals surface area contributed by atoms with Gasteiger partial charge in [0.25, 0.3) is 0 Å². The Morgan fingerprint density at radius 1 is 0.880 bits per heavy atom. The van der Waals surface area contributed by atoms with E-state index in [-0.39, 0.29) is 11.7 Å². The third kappa shape index (κ3) is 4.26. The largest absolute Gasteiger partial charge is 0.207 e. The summed E-state index contributed by atoms with van der Waals surface area (Å²) in [6, 6.07) is 8.13. The van der Waals surface area contributed by atoms with Gasteiger partial charge < -0.3 is 0 Å². The molecular weight excluding hydrogens is 321 g/mol. The summed E-state index contributed by atoms with van der Waals surface area (Å²) in [5.41, 5.74) is 3.40. The standard InChI is InChI=1S/C22H25F3/c1-2-3-4-5-6-15-7-10-19(20(23)11-15)17-9-8-16-13-21(24)22(25)14-18(16)12-17/h7,10-11,13-14,17H,2-6,8-9,12H2,1H3. The van der Waals surface area contributed by atoms with E-state index < -0.39 is 11.6 Å². The summed E-state index contributed by atoms with van der Waals surface area (Å²) in [4.78, 5) is 0. The molecule has 0 aromatic heterocycles. The molecule has 1 atom stereocenters. The normalized spacial score (nSPS) is 16.7. The van der Waals surface area contributed by atoms with E-state index in [2.05, 4.69) is 6.92 Å². The van der Waals surface area contributed by atoms with Crippen molar-refractivity contribution in [3.63, 3.8) is 0 Å². The van der Waals surface area contributed by atoms with E-state index in [0.29, 0.717) is 18.4 Å². The first-order valence-electron chi connectivity index (χ1n) is 9.33. The Morgan fingerprint density at radius 2 is 1.64 bits per heavy atom. The molecular formula is C22H25F3. The summed E-state index contributed by atoms with van der Waals surface area (Å²) in [5, 5.41) is 0. The molecule has 0 aliphatic heterocycles. The van der Waals surface area contributed by atoms with Crippen LogP contribution in [-0.2, 0) is 19.3 Å². The molecule has 2 aromatic rings. The lowest BCUT2D eigenvalue weighted by Crippen LogP contribution is -2.15. The average molecular weight is 346 g/mol. The van der Waals surface area contributed by atoms with E-state index >= 15 is 0 Å². The van der Waals surface area contributed by atoms with Gasteiger partial charge in [-0.25, -0.2) is 13.2 Å². The van der Waals surface area contributed by atoms with Gasteiger partial charge in [-0.15, -0.1) is 0 Å². The van der Waals surface area contributed by atoms with Crippen LogP contribution in [0.25, 0.3) is 0 Å². The third-order valence-electron chi connectivity index (χ3n) is 5.29. The van der Waals surface area contributed by atoms with Crippen LogP contribution in [0.4, 0.5) is 13.2 Å². The van der Waals surface area contributed by atoms with Crippen LogP contribution in [0.5, 0.6) is 0 Å². The van der Waals surface area contributed by atoms with Crippen molar-refractivity contribution < 1.29 is 13.2 Å². The van der Waals surface area contributed by atoms with Crippen molar-refractivity contribution in [2.45, 2.75) is 64.2 Å². The molecule has 0 nitrogen and oxygen atoms in total. The third-order valence-corrected chi connectivity index (χ3v) is 5.29. The zero-order chi connectivity index (χ0) is 17.8. The van der Waals surface area contributed by atoms with Crippen LogP contribution in [0.1, 0.15) is 67.2 Å². The van der Waals surface area contributed by atoms with Gasteiger partial charge >= 0.3 is 0 Å². The minimum Gasteiger partial charge on any atom is -0.207 e. The van der Waals surface area contributed by atoms with Gasteiger partial charge in [0.15, 0.2) is 11.6 Å². The Hall–Kier alpha value is -1.77. The first-order valence-corrected chi connectivity index (χ1v) is 9.33. The van der Waals surface area contributed by atoms with Crippen molar-refractivity contribution in [1.29, 1.82) is 0 Å². The zero-order valence-electron chi connectivity index (χ0n) is 14.8. The van der Waals surface area contributed by atoms with Crippen LogP contribution < -0.4 is 0 Å². The smallest absolute Gasteiger partial charge is 0.159 e. The first kappa shape index (κ1) is 18.0. The van der Waals surface area contributed by atoms with Crippen molar-refractivity contribution in [1.82, 2.24) is 0 Å². The predicted molar refractivity (Wildman–Crippen MR) is 95.4 cm³/mol. The molecule has 1 aliphatic carbocycles. The summed E-state index contributed by atoms with van der Waals surface area (Å²) in [7, 11) is 0. The monoisotopic (exact) mass is 346 g/mol. The van der Waals surface area contributed by atoms with Crippen LogP contribution in [0.15, 0.2) is 30.3 Å². The van der Waals surface area contributed by atoms with Gasteiger partial charge in [-0.1, -0.05) is 38.3 Å². The van der Waals surface area contributed by atoms with Crippen molar-refractivity contribution in [2.24, 2.45) is 0 Å². The minimum absolute atomic E-state index is 0.0338. The van der Waals surface area contributed by atoms with Crippen LogP contribution >= 0.6 is 0 Å². The fourth-order valence-corrected chi connectivity index (χ4v) is 3.83. The van der Waals surface area contributed by atoms with Crippen molar-refractivity contribution >= 4 is 0 Å². The Labute approximate surface area is 148 Å². The minimum atomic E-state index is -0.817. The average Bonchev–Trinajstić information content (AvgIpc) is 2.60. The van der Waals surface area contributed by atoms with Gasteiger partial charge in [0.05, 0.1) is 0 Å². The molecule has 25 heavy (non-hydrogen) atoms. The molecule has 0 N–H and O–H groups in total. The number of rotatable bonds is 6. The fourth-order valence-electron chi connectivity index (χ4n) is 3.83. The number of halogens is 3. The maximum absolute atomic E-state index is 14.6. The molecule has 0 heterocycles. The van der Waals surface area contributed by atoms with E-state index in [1.165, 1.54) is 31.4 Å². The quantitative estimate of drug-likeness (QED) is 0.524. The number of hydrogen-bond donors (Lipinski definition) is 0. The highest BCUT2D eigenvalue weighted by Crippen LogP contribution is 2.35. The lowest BCUT2D eigenvalue weighted by molar-refractivity contribution is 0.492. The maximum Gasteiger partial charge on any atom is 0.159 e. The summed E-state index contributed by atoms with van der Waals surface area (Å²) < 4.78 is 41.4. The topological polar surface area (TPSA) is 0 Å². The highest BCUT2D eigenvalue weighted by Gasteiger charge is 2.24. The van der Waals surface area contributed by atoms with Crippen LogP contribution in [0, 0.1) is 17.5 Å². The Balaban J connectivity index is 1.71. The van der Waals surface area contributed by atoms with Crippen molar-refractivity contribution in [2.75, 3.05) is 0 Å². The van der Waals surface area contributed by atoms with Gasteiger partial charge in [-0.2, -0.15) is 0 Å². The second-order valence-electron chi connectivity index (χ2n) is 7.14. The van der Waals surface area contributed by atoms with Crippen LogP contribution in [-0.4, -0.2) is 0 Å². The molecule has 1 unspecified atom stereocenters.